The topological polar surface area (TPSA) is 60.2 Å². The SMILES string of the molecule is COc1cccc2c(Nc3cc(N)ccc3Cl)nccc12. The molecule has 1 aromatic heterocycles. The van der Waals surface area contributed by atoms with E-state index in [4.69, 9.17) is 22.1 Å². The molecule has 3 aromatic rings. The van der Waals surface area contributed by atoms with Gasteiger partial charge in [0.25, 0.3) is 0 Å². The van der Waals surface area contributed by atoms with Crippen molar-refractivity contribution in [2.75, 3.05) is 18.2 Å². The maximum absolute atomic E-state index is 6.19. The quantitative estimate of drug-likeness (QED) is 0.711. The Labute approximate surface area is 127 Å². The Morgan fingerprint density at radius 3 is 2.81 bits per heavy atom. The van der Waals surface area contributed by atoms with E-state index in [0.717, 1.165) is 22.2 Å². The second kappa shape index (κ2) is 5.50. The van der Waals surface area contributed by atoms with Gasteiger partial charge in [-0.1, -0.05) is 23.7 Å². The number of benzene rings is 2. The van der Waals surface area contributed by atoms with Crippen LogP contribution >= 0.6 is 11.6 Å². The molecule has 0 saturated heterocycles. The van der Waals surface area contributed by atoms with Crippen LogP contribution in [0.25, 0.3) is 10.8 Å². The van der Waals surface area contributed by atoms with Gasteiger partial charge in [-0.3, -0.25) is 0 Å². The lowest BCUT2D eigenvalue weighted by Crippen LogP contribution is -1.97. The van der Waals surface area contributed by atoms with E-state index < -0.39 is 0 Å². The van der Waals surface area contributed by atoms with E-state index in [-0.39, 0.29) is 0 Å². The lowest BCUT2D eigenvalue weighted by Gasteiger charge is -2.12. The molecule has 106 valence electrons. The number of nitrogen functional groups attached to an aromatic ring is 1. The summed E-state index contributed by atoms with van der Waals surface area (Å²) in [5, 5.41) is 5.76. The van der Waals surface area contributed by atoms with E-state index in [9.17, 15) is 0 Å². The van der Waals surface area contributed by atoms with Crippen molar-refractivity contribution in [3.05, 3.63) is 53.7 Å². The van der Waals surface area contributed by atoms with Crippen molar-refractivity contribution < 1.29 is 4.74 Å². The third-order valence-electron chi connectivity index (χ3n) is 3.23. The average Bonchev–Trinajstić information content (AvgIpc) is 2.50. The maximum atomic E-state index is 6.19. The summed E-state index contributed by atoms with van der Waals surface area (Å²) < 4.78 is 5.37. The highest BCUT2D eigenvalue weighted by Gasteiger charge is 2.08. The molecule has 0 aliphatic carbocycles. The summed E-state index contributed by atoms with van der Waals surface area (Å²) in [4.78, 5) is 4.38. The summed E-state index contributed by atoms with van der Waals surface area (Å²) in [7, 11) is 1.65. The number of nitrogens with zero attached hydrogens (tertiary/aromatic N) is 1. The van der Waals surface area contributed by atoms with Crippen LogP contribution in [0.3, 0.4) is 0 Å². The van der Waals surface area contributed by atoms with Crippen LogP contribution in [-0.2, 0) is 0 Å². The number of nitrogens with one attached hydrogen (secondary N) is 1. The number of pyridine rings is 1. The molecule has 0 spiro atoms. The highest BCUT2D eigenvalue weighted by atomic mass is 35.5. The standard InChI is InChI=1S/C16H14ClN3O/c1-21-15-4-2-3-12-11(15)7-8-19-16(12)20-14-9-10(18)5-6-13(14)17/h2-9H,18H2,1H3,(H,19,20). The second-order valence-electron chi connectivity index (χ2n) is 4.58. The van der Waals surface area contributed by atoms with Gasteiger partial charge in [0.2, 0.25) is 0 Å². The largest absolute Gasteiger partial charge is 0.496 e. The number of hydrogen-bond donors (Lipinski definition) is 2. The fourth-order valence-electron chi connectivity index (χ4n) is 2.22. The Kier molecular flexibility index (Phi) is 3.54. The van der Waals surface area contributed by atoms with Crippen LogP contribution in [-0.4, -0.2) is 12.1 Å². The predicted octanol–water partition coefficient (Wildman–Crippen LogP) is 4.22. The van der Waals surface area contributed by atoms with E-state index in [0.29, 0.717) is 16.5 Å². The molecule has 0 unspecified atom stereocenters. The van der Waals surface area contributed by atoms with Crippen LogP contribution in [0.15, 0.2) is 48.7 Å². The summed E-state index contributed by atoms with van der Waals surface area (Å²) in [6.45, 7) is 0. The average molecular weight is 300 g/mol. The van der Waals surface area contributed by atoms with Crippen LogP contribution in [0.5, 0.6) is 5.75 Å². The molecular weight excluding hydrogens is 286 g/mol. The fourth-order valence-corrected chi connectivity index (χ4v) is 2.39. The number of halogens is 1. The number of hydrogen-bond acceptors (Lipinski definition) is 4. The molecule has 0 saturated carbocycles. The van der Waals surface area contributed by atoms with Gasteiger partial charge in [0.1, 0.15) is 11.6 Å². The number of anilines is 3. The Hall–Kier alpha value is -2.46. The second-order valence-corrected chi connectivity index (χ2v) is 4.99. The Morgan fingerprint density at radius 2 is 2.00 bits per heavy atom. The summed E-state index contributed by atoms with van der Waals surface area (Å²) in [6.07, 6.45) is 1.73. The van der Waals surface area contributed by atoms with E-state index in [1.54, 1.807) is 31.5 Å². The lowest BCUT2D eigenvalue weighted by atomic mass is 10.1. The molecule has 3 N–H and O–H groups in total. The number of rotatable bonds is 3. The van der Waals surface area contributed by atoms with Gasteiger partial charge in [0.15, 0.2) is 0 Å². The van der Waals surface area contributed by atoms with Gasteiger partial charge >= 0.3 is 0 Å². The van der Waals surface area contributed by atoms with Crippen molar-refractivity contribution in [1.82, 2.24) is 4.98 Å². The summed E-state index contributed by atoms with van der Waals surface area (Å²) in [6, 6.07) is 13.0. The molecule has 3 rings (SSSR count). The van der Waals surface area contributed by atoms with Crippen molar-refractivity contribution in [3.8, 4) is 5.75 Å². The lowest BCUT2D eigenvalue weighted by molar-refractivity contribution is 0.420. The molecule has 5 heteroatoms. The van der Waals surface area contributed by atoms with Crippen LogP contribution in [0.1, 0.15) is 0 Å². The van der Waals surface area contributed by atoms with Crippen molar-refractivity contribution in [2.45, 2.75) is 0 Å². The highest BCUT2D eigenvalue weighted by Crippen LogP contribution is 2.33. The summed E-state index contributed by atoms with van der Waals surface area (Å²) in [5.41, 5.74) is 7.16. The molecule has 2 aromatic carbocycles. The number of fused-ring (bicyclic) bond motifs is 1. The normalized spacial score (nSPS) is 10.6. The molecule has 0 atom stereocenters. The Bertz CT molecular complexity index is 805. The summed E-state index contributed by atoms with van der Waals surface area (Å²) in [5.74, 6) is 1.51. The number of nitrogens with two attached hydrogens (primary N) is 1. The first kappa shape index (κ1) is 13.5. The highest BCUT2D eigenvalue weighted by molar-refractivity contribution is 6.33. The first-order chi connectivity index (χ1) is 10.2. The van der Waals surface area contributed by atoms with Gasteiger partial charge in [-0.15, -0.1) is 0 Å². The molecular formula is C16H14ClN3O. The molecule has 0 amide bonds. The summed E-state index contributed by atoms with van der Waals surface area (Å²) >= 11 is 6.19. The molecule has 0 radical (unpaired) electrons. The number of methoxy groups -OCH3 is 1. The first-order valence-corrected chi connectivity index (χ1v) is 6.80. The van der Waals surface area contributed by atoms with Crippen molar-refractivity contribution in [2.24, 2.45) is 0 Å². The smallest absolute Gasteiger partial charge is 0.138 e. The maximum Gasteiger partial charge on any atom is 0.138 e. The zero-order valence-corrected chi connectivity index (χ0v) is 12.2. The molecule has 0 bridgehead atoms. The van der Waals surface area contributed by atoms with Crippen LogP contribution < -0.4 is 15.8 Å². The monoisotopic (exact) mass is 299 g/mol. The van der Waals surface area contributed by atoms with Gasteiger partial charge < -0.3 is 15.8 Å². The van der Waals surface area contributed by atoms with Gasteiger partial charge in [-0.25, -0.2) is 4.98 Å². The zero-order chi connectivity index (χ0) is 14.8. The molecule has 21 heavy (non-hydrogen) atoms. The van der Waals surface area contributed by atoms with Crippen LogP contribution in [0, 0.1) is 0 Å². The van der Waals surface area contributed by atoms with E-state index >= 15 is 0 Å². The van der Waals surface area contributed by atoms with Crippen molar-refractivity contribution in [1.29, 1.82) is 0 Å². The minimum Gasteiger partial charge on any atom is -0.496 e. The van der Waals surface area contributed by atoms with E-state index in [2.05, 4.69) is 10.3 Å². The number of ether oxygens (including phenoxy) is 1. The van der Waals surface area contributed by atoms with E-state index in [1.165, 1.54) is 0 Å². The third kappa shape index (κ3) is 2.58. The van der Waals surface area contributed by atoms with E-state index in [1.807, 2.05) is 24.3 Å². The van der Waals surface area contributed by atoms with Crippen molar-refractivity contribution >= 4 is 39.6 Å². The molecule has 0 fully saturated rings. The van der Waals surface area contributed by atoms with Crippen LogP contribution in [0.2, 0.25) is 5.02 Å². The van der Waals surface area contributed by atoms with Gasteiger partial charge in [-0.05, 0) is 30.3 Å². The Balaban J connectivity index is 2.11. The predicted molar refractivity (Wildman–Crippen MR) is 87.4 cm³/mol. The van der Waals surface area contributed by atoms with Crippen LogP contribution in [0.4, 0.5) is 17.2 Å². The molecule has 0 aliphatic rings. The van der Waals surface area contributed by atoms with Gasteiger partial charge in [0, 0.05) is 22.7 Å². The Morgan fingerprint density at radius 1 is 1.14 bits per heavy atom. The van der Waals surface area contributed by atoms with Gasteiger partial charge in [0.05, 0.1) is 17.8 Å². The molecule has 4 nitrogen and oxygen atoms in total. The zero-order valence-electron chi connectivity index (χ0n) is 11.4. The number of aromatic nitrogens is 1. The minimum atomic E-state index is 0.589. The van der Waals surface area contributed by atoms with Gasteiger partial charge in [-0.2, -0.15) is 0 Å². The molecule has 0 aliphatic heterocycles. The minimum absolute atomic E-state index is 0.589. The van der Waals surface area contributed by atoms with Crippen molar-refractivity contribution in [3.63, 3.8) is 0 Å². The fraction of sp³-hybridized carbons (Fsp3) is 0.0625. The first-order valence-electron chi connectivity index (χ1n) is 6.43. The molecule has 1 heterocycles. The third-order valence-corrected chi connectivity index (χ3v) is 3.56.